The molecule has 8 heteroatoms. The number of hydrogen-bond acceptors (Lipinski definition) is 7. The van der Waals surface area contributed by atoms with Gasteiger partial charge < -0.3 is 20.0 Å². The maximum Gasteiger partial charge on any atom is 0.311 e. The molecule has 2 aliphatic heterocycles. The highest BCUT2D eigenvalue weighted by atomic mass is 16.6. The van der Waals surface area contributed by atoms with Crippen LogP contribution in [0.3, 0.4) is 0 Å². The quantitative estimate of drug-likeness (QED) is 0.553. The molecule has 8 nitrogen and oxygen atoms in total. The average molecular weight is 266 g/mol. The number of aliphatic hydroxyl groups is 2. The van der Waals surface area contributed by atoms with Crippen molar-refractivity contribution >= 4 is 17.3 Å². The van der Waals surface area contributed by atoms with E-state index in [0.29, 0.717) is 32.0 Å². The van der Waals surface area contributed by atoms with Gasteiger partial charge in [-0.05, 0) is 6.07 Å². The largest absolute Gasteiger partial charge is 0.389 e. The van der Waals surface area contributed by atoms with E-state index in [0.717, 1.165) is 0 Å². The second kappa shape index (κ2) is 4.32. The van der Waals surface area contributed by atoms with Crippen molar-refractivity contribution in [2.24, 2.45) is 0 Å². The van der Waals surface area contributed by atoms with Crippen molar-refractivity contribution in [2.45, 2.75) is 12.2 Å². The molecule has 2 saturated heterocycles. The van der Waals surface area contributed by atoms with Crippen LogP contribution in [0.2, 0.25) is 0 Å². The van der Waals surface area contributed by atoms with Gasteiger partial charge in [0.25, 0.3) is 0 Å². The standard InChI is InChI=1S/C11H14N4O4/c16-7-3-13(4-7)10-2-1-9(15(18)19)11(12-10)14-5-8(17)6-14/h1-2,7-8,16-17H,3-6H2. The molecule has 0 amide bonds. The Balaban J connectivity index is 1.89. The molecule has 102 valence electrons. The first-order chi connectivity index (χ1) is 9.04. The molecule has 0 radical (unpaired) electrons. The number of aromatic nitrogens is 1. The molecule has 1 aromatic rings. The number of nitro groups is 1. The lowest BCUT2D eigenvalue weighted by molar-refractivity contribution is -0.384. The van der Waals surface area contributed by atoms with Crippen LogP contribution >= 0.6 is 0 Å². The van der Waals surface area contributed by atoms with E-state index in [1.54, 1.807) is 11.0 Å². The molecular weight excluding hydrogens is 252 g/mol. The van der Waals surface area contributed by atoms with Crippen LogP contribution in [0.15, 0.2) is 12.1 Å². The van der Waals surface area contributed by atoms with Crippen LogP contribution in [0, 0.1) is 10.1 Å². The fourth-order valence-corrected chi connectivity index (χ4v) is 2.25. The molecule has 19 heavy (non-hydrogen) atoms. The molecule has 2 N–H and O–H groups in total. The first-order valence-electron chi connectivity index (χ1n) is 6.06. The van der Waals surface area contributed by atoms with Crippen molar-refractivity contribution < 1.29 is 15.1 Å². The maximum atomic E-state index is 11.0. The van der Waals surface area contributed by atoms with Crippen molar-refractivity contribution in [1.82, 2.24) is 4.98 Å². The van der Waals surface area contributed by atoms with Crippen LogP contribution < -0.4 is 9.80 Å². The van der Waals surface area contributed by atoms with Gasteiger partial charge >= 0.3 is 5.69 Å². The van der Waals surface area contributed by atoms with Gasteiger partial charge in [0.15, 0.2) is 0 Å². The van der Waals surface area contributed by atoms with Crippen molar-refractivity contribution in [2.75, 3.05) is 36.0 Å². The third-order valence-electron chi connectivity index (χ3n) is 3.38. The van der Waals surface area contributed by atoms with Crippen LogP contribution in [0.5, 0.6) is 0 Å². The van der Waals surface area contributed by atoms with E-state index in [1.807, 2.05) is 4.90 Å². The number of β-amino-alcohol motifs (C(OH)–C–C–N with tert-alkyl or cyclic N) is 2. The van der Waals surface area contributed by atoms with Crippen LogP contribution in [-0.2, 0) is 0 Å². The van der Waals surface area contributed by atoms with Gasteiger partial charge in [-0.3, -0.25) is 10.1 Å². The van der Waals surface area contributed by atoms with E-state index in [1.165, 1.54) is 6.07 Å². The molecule has 0 saturated carbocycles. The highest BCUT2D eigenvalue weighted by molar-refractivity contribution is 5.64. The topological polar surface area (TPSA) is 103 Å². The van der Waals surface area contributed by atoms with Gasteiger partial charge in [0, 0.05) is 32.2 Å². The molecule has 0 atom stereocenters. The van der Waals surface area contributed by atoms with Crippen LogP contribution in [0.25, 0.3) is 0 Å². The highest BCUT2D eigenvalue weighted by Crippen LogP contribution is 2.32. The molecule has 2 fully saturated rings. The van der Waals surface area contributed by atoms with Gasteiger partial charge in [0.2, 0.25) is 5.82 Å². The van der Waals surface area contributed by atoms with Crippen LogP contribution in [-0.4, -0.2) is 58.5 Å². The number of anilines is 2. The summed E-state index contributed by atoms with van der Waals surface area (Å²) in [6, 6.07) is 3.01. The Morgan fingerprint density at radius 3 is 2.26 bits per heavy atom. The molecule has 0 aromatic carbocycles. The molecule has 2 aliphatic rings. The monoisotopic (exact) mass is 266 g/mol. The molecule has 3 rings (SSSR count). The van der Waals surface area contributed by atoms with Gasteiger partial charge in [-0.25, -0.2) is 4.98 Å². The van der Waals surface area contributed by atoms with E-state index >= 15 is 0 Å². The summed E-state index contributed by atoms with van der Waals surface area (Å²) >= 11 is 0. The fraction of sp³-hybridized carbons (Fsp3) is 0.545. The highest BCUT2D eigenvalue weighted by Gasteiger charge is 2.33. The SMILES string of the molecule is O=[N+]([O-])c1ccc(N2CC(O)C2)nc1N1CC(O)C1. The van der Waals surface area contributed by atoms with E-state index in [9.17, 15) is 20.3 Å². The molecule has 0 aliphatic carbocycles. The number of aliphatic hydroxyl groups excluding tert-OH is 2. The average Bonchev–Trinajstić information content (AvgIpc) is 2.30. The van der Waals surface area contributed by atoms with Crippen LogP contribution in [0.1, 0.15) is 0 Å². The third-order valence-corrected chi connectivity index (χ3v) is 3.38. The summed E-state index contributed by atoms with van der Waals surface area (Å²) in [7, 11) is 0. The van der Waals surface area contributed by atoms with E-state index in [-0.39, 0.29) is 17.6 Å². The van der Waals surface area contributed by atoms with E-state index in [2.05, 4.69) is 4.98 Å². The Kier molecular flexibility index (Phi) is 2.76. The third kappa shape index (κ3) is 2.08. The summed E-state index contributed by atoms with van der Waals surface area (Å²) in [6.45, 7) is 1.71. The number of hydrogen-bond donors (Lipinski definition) is 2. The van der Waals surface area contributed by atoms with E-state index in [4.69, 9.17) is 0 Å². The minimum Gasteiger partial charge on any atom is -0.389 e. The number of rotatable bonds is 3. The smallest absolute Gasteiger partial charge is 0.311 e. The molecule has 0 unspecified atom stereocenters. The van der Waals surface area contributed by atoms with Gasteiger partial charge in [-0.1, -0.05) is 0 Å². The van der Waals surface area contributed by atoms with Crippen LogP contribution in [0.4, 0.5) is 17.3 Å². The molecule has 1 aromatic heterocycles. The Morgan fingerprint density at radius 2 is 1.74 bits per heavy atom. The molecular formula is C11H14N4O4. The minimum atomic E-state index is -0.470. The summed E-state index contributed by atoms with van der Waals surface area (Å²) in [5, 5.41) is 29.6. The second-order valence-electron chi connectivity index (χ2n) is 4.89. The lowest BCUT2D eigenvalue weighted by Crippen LogP contribution is -2.52. The summed E-state index contributed by atoms with van der Waals surface area (Å²) < 4.78 is 0. The molecule has 0 spiro atoms. The van der Waals surface area contributed by atoms with Crippen molar-refractivity contribution in [3.8, 4) is 0 Å². The van der Waals surface area contributed by atoms with Crippen molar-refractivity contribution in [1.29, 1.82) is 0 Å². The molecule has 0 bridgehead atoms. The Hall–Kier alpha value is -1.93. The second-order valence-corrected chi connectivity index (χ2v) is 4.89. The Labute approximate surface area is 109 Å². The van der Waals surface area contributed by atoms with E-state index < -0.39 is 11.0 Å². The lowest BCUT2D eigenvalue weighted by atomic mass is 10.1. The van der Waals surface area contributed by atoms with Gasteiger partial charge in [0.1, 0.15) is 5.82 Å². The van der Waals surface area contributed by atoms with Gasteiger partial charge in [-0.15, -0.1) is 0 Å². The predicted octanol–water partition coefficient (Wildman–Crippen LogP) is -0.648. The lowest BCUT2D eigenvalue weighted by Gasteiger charge is -2.39. The Morgan fingerprint density at radius 1 is 1.16 bits per heavy atom. The van der Waals surface area contributed by atoms with Crippen molar-refractivity contribution in [3.05, 3.63) is 22.2 Å². The summed E-state index contributed by atoms with van der Waals surface area (Å²) in [6.07, 6.45) is -0.804. The Bertz CT molecular complexity index is 511. The summed E-state index contributed by atoms with van der Waals surface area (Å²) in [4.78, 5) is 18.3. The van der Waals surface area contributed by atoms with Gasteiger partial charge in [-0.2, -0.15) is 0 Å². The van der Waals surface area contributed by atoms with Crippen molar-refractivity contribution in [3.63, 3.8) is 0 Å². The van der Waals surface area contributed by atoms with Gasteiger partial charge in [0.05, 0.1) is 17.1 Å². The zero-order chi connectivity index (χ0) is 13.6. The minimum absolute atomic E-state index is 0.0586. The zero-order valence-corrected chi connectivity index (χ0v) is 10.1. The normalized spacial score (nSPS) is 20.1. The first kappa shape index (κ1) is 12.1. The zero-order valence-electron chi connectivity index (χ0n) is 10.1. The predicted molar refractivity (Wildman–Crippen MR) is 67.3 cm³/mol. The summed E-state index contributed by atoms with van der Waals surface area (Å²) in [5.74, 6) is 0.904. The maximum absolute atomic E-state index is 11.0. The number of nitrogens with zero attached hydrogens (tertiary/aromatic N) is 4. The number of pyridine rings is 1. The molecule has 3 heterocycles. The fourth-order valence-electron chi connectivity index (χ4n) is 2.25. The first-order valence-corrected chi connectivity index (χ1v) is 6.06. The summed E-state index contributed by atoms with van der Waals surface area (Å²) in [5.41, 5.74) is -0.0586.